The lowest BCUT2D eigenvalue weighted by atomic mass is 10.4. The Labute approximate surface area is 95.0 Å². The maximum absolute atomic E-state index is 11.6. The van der Waals surface area contributed by atoms with Crippen LogP contribution >= 0.6 is 0 Å². The molecule has 0 bridgehead atoms. The molecule has 0 aromatic carbocycles. The summed E-state index contributed by atoms with van der Waals surface area (Å²) in [5.41, 5.74) is 0. The molecule has 90 valence electrons. The molecule has 0 unspecified atom stereocenters. The van der Waals surface area contributed by atoms with Crippen LogP contribution in [-0.2, 0) is 14.3 Å². The highest BCUT2D eigenvalue weighted by atomic mass is 16.5. The molecule has 0 aromatic rings. The van der Waals surface area contributed by atoms with Gasteiger partial charge in [-0.1, -0.05) is 12.2 Å². The van der Waals surface area contributed by atoms with E-state index >= 15 is 0 Å². The van der Waals surface area contributed by atoms with Gasteiger partial charge in [-0.25, -0.2) is 4.79 Å². The summed E-state index contributed by atoms with van der Waals surface area (Å²) < 4.78 is 4.88. The second-order valence-electron chi connectivity index (χ2n) is 3.17. The first-order valence-corrected chi connectivity index (χ1v) is 4.86. The average Bonchev–Trinajstić information content (AvgIpc) is 2.24. The van der Waals surface area contributed by atoms with E-state index in [1.165, 1.54) is 11.8 Å². The molecular weight excluding hydrogens is 210 g/mol. The zero-order valence-corrected chi connectivity index (χ0v) is 9.39. The van der Waals surface area contributed by atoms with Gasteiger partial charge in [-0.2, -0.15) is 0 Å². The number of aliphatic carboxylic acids is 1. The predicted molar refractivity (Wildman–Crippen MR) is 60.0 cm³/mol. The Morgan fingerprint density at radius 1 is 1.38 bits per heavy atom. The van der Waals surface area contributed by atoms with Crippen LogP contribution in [0.1, 0.15) is 6.92 Å². The molecule has 0 heterocycles. The first-order chi connectivity index (χ1) is 7.52. The third-order valence-electron chi connectivity index (χ3n) is 1.86. The quantitative estimate of drug-likeness (QED) is 0.619. The summed E-state index contributed by atoms with van der Waals surface area (Å²) in [4.78, 5) is 23.5. The number of carboxylic acid groups (broad SMARTS) is 1. The fourth-order valence-corrected chi connectivity index (χ4v) is 0.949. The van der Waals surface area contributed by atoms with E-state index in [0.29, 0.717) is 13.1 Å². The minimum Gasteiger partial charge on any atom is -0.479 e. The summed E-state index contributed by atoms with van der Waals surface area (Å²) in [6.07, 6.45) is 2.18. The predicted octanol–water partition coefficient (Wildman–Crippen LogP) is 0.677. The van der Waals surface area contributed by atoms with Crippen LogP contribution in [0.25, 0.3) is 0 Å². The third-order valence-corrected chi connectivity index (χ3v) is 1.86. The molecule has 1 atom stereocenters. The molecule has 16 heavy (non-hydrogen) atoms. The Bertz CT molecular complexity index is 265. The van der Waals surface area contributed by atoms with Crippen LogP contribution in [0.5, 0.6) is 0 Å². The van der Waals surface area contributed by atoms with Crippen molar-refractivity contribution >= 4 is 11.9 Å². The monoisotopic (exact) mass is 227 g/mol. The van der Waals surface area contributed by atoms with Gasteiger partial charge in [-0.3, -0.25) is 4.79 Å². The molecule has 0 saturated heterocycles. The molecule has 5 nitrogen and oxygen atoms in total. The van der Waals surface area contributed by atoms with E-state index in [2.05, 4.69) is 13.2 Å². The van der Waals surface area contributed by atoms with Crippen molar-refractivity contribution in [2.75, 3.05) is 19.7 Å². The van der Waals surface area contributed by atoms with Crippen molar-refractivity contribution in [1.29, 1.82) is 0 Å². The van der Waals surface area contributed by atoms with Gasteiger partial charge in [0, 0.05) is 13.1 Å². The van der Waals surface area contributed by atoms with Gasteiger partial charge in [0.15, 0.2) is 6.10 Å². The number of carboxylic acids is 1. The second kappa shape index (κ2) is 7.64. The van der Waals surface area contributed by atoms with Gasteiger partial charge in [0.2, 0.25) is 5.91 Å². The molecule has 1 amide bonds. The first kappa shape index (κ1) is 14.4. The molecule has 0 radical (unpaired) electrons. The lowest BCUT2D eigenvalue weighted by Crippen LogP contribution is -2.36. The van der Waals surface area contributed by atoms with E-state index in [1.54, 1.807) is 12.2 Å². The number of carbonyl (C=O) groups is 2. The number of rotatable bonds is 8. The van der Waals surface area contributed by atoms with Crippen LogP contribution < -0.4 is 0 Å². The molecule has 0 aliphatic rings. The smallest absolute Gasteiger partial charge is 0.332 e. The van der Waals surface area contributed by atoms with E-state index in [1.807, 2.05) is 0 Å². The summed E-state index contributed by atoms with van der Waals surface area (Å²) in [7, 11) is 0. The third kappa shape index (κ3) is 5.31. The van der Waals surface area contributed by atoms with Gasteiger partial charge in [0.25, 0.3) is 0 Å². The van der Waals surface area contributed by atoms with E-state index in [4.69, 9.17) is 9.84 Å². The van der Waals surface area contributed by atoms with E-state index in [-0.39, 0.29) is 12.5 Å². The van der Waals surface area contributed by atoms with Crippen molar-refractivity contribution < 1.29 is 19.4 Å². The number of ether oxygens (including phenoxy) is 1. The molecule has 0 aliphatic carbocycles. The number of carbonyl (C=O) groups excluding carboxylic acids is 1. The zero-order valence-electron chi connectivity index (χ0n) is 9.39. The first-order valence-electron chi connectivity index (χ1n) is 4.86. The van der Waals surface area contributed by atoms with Crippen molar-refractivity contribution in [3.05, 3.63) is 25.3 Å². The van der Waals surface area contributed by atoms with Gasteiger partial charge < -0.3 is 14.7 Å². The summed E-state index contributed by atoms with van der Waals surface area (Å²) in [6.45, 7) is 8.94. The maximum atomic E-state index is 11.6. The molecule has 5 heteroatoms. The van der Waals surface area contributed by atoms with Gasteiger partial charge in [-0.15, -0.1) is 13.2 Å². The van der Waals surface area contributed by atoms with Gasteiger partial charge in [0.1, 0.15) is 6.61 Å². The standard InChI is InChI=1S/C11H17NO4/c1-4-6-12(7-5-2)10(13)8-16-9(3)11(14)15/h4-5,9H,1-2,6-8H2,3H3,(H,14,15)/t9-/m1/s1. The molecule has 0 fully saturated rings. The average molecular weight is 227 g/mol. The van der Waals surface area contributed by atoms with Crippen LogP contribution in [0, 0.1) is 0 Å². The lowest BCUT2D eigenvalue weighted by Gasteiger charge is -2.19. The number of hydrogen-bond donors (Lipinski definition) is 1. The van der Waals surface area contributed by atoms with Crippen molar-refractivity contribution in [2.24, 2.45) is 0 Å². The second-order valence-corrected chi connectivity index (χ2v) is 3.17. The van der Waals surface area contributed by atoms with Crippen LogP contribution in [0.15, 0.2) is 25.3 Å². The van der Waals surface area contributed by atoms with Crippen LogP contribution in [0.2, 0.25) is 0 Å². The Kier molecular flexibility index (Phi) is 6.87. The van der Waals surface area contributed by atoms with Crippen molar-refractivity contribution in [3.63, 3.8) is 0 Å². The van der Waals surface area contributed by atoms with E-state index < -0.39 is 12.1 Å². The highest BCUT2D eigenvalue weighted by Crippen LogP contribution is 1.96. The summed E-state index contributed by atoms with van der Waals surface area (Å²) >= 11 is 0. The zero-order chi connectivity index (χ0) is 12.6. The molecular formula is C11H17NO4. The molecule has 1 N–H and O–H groups in total. The Balaban J connectivity index is 4.14. The maximum Gasteiger partial charge on any atom is 0.332 e. The van der Waals surface area contributed by atoms with Crippen LogP contribution in [0.3, 0.4) is 0 Å². The normalized spacial score (nSPS) is 11.6. The molecule has 0 aromatic heterocycles. The topological polar surface area (TPSA) is 66.8 Å². The largest absolute Gasteiger partial charge is 0.479 e. The minimum atomic E-state index is -1.09. The Morgan fingerprint density at radius 3 is 2.25 bits per heavy atom. The Hall–Kier alpha value is -1.62. The molecule has 0 aliphatic heterocycles. The van der Waals surface area contributed by atoms with Gasteiger partial charge in [0.05, 0.1) is 0 Å². The van der Waals surface area contributed by atoms with E-state index in [0.717, 1.165) is 0 Å². The molecule has 0 rings (SSSR count). The minimum absolute atomic E-state index is 0.255. The fraction of sp³-hybridized carbons (Fsp3) is 0.455. The van der Waals surface area contributed by atoms with Crippen LogP contribution in [0.4, 0.5) is 0 Å². The van der Waals surface area contributed by atoms with Crippen molar-refractivity contribution in [2.45, 2.75) is 13.0 Å². The van der Waals surface area contributed by atoms with E-state index in [9.17, 15) is 9.59 Å². The van der Waals surface area contributed by atoms with Gasteiger partial charge in [-0.05, 0) is 6.92 Å². The van der Waals surface area contributed by atoms with Gasteiger partial charge >= 0.3 is 5.97 Å². The van der Waals surface area contributed by atoms with Crippen molar-refractivity contribution in [1.82, 2.24) is 4.90 Å². The highest BCUT2D eigenvalue weighted by Gasteiger charge is 2.16. The van der Waals surface area contributed by atoms with Crippen molar-refractivity contribution in [3.8, 4) is 0 Å². The molecule has 0 spiro atoms. The number of nitrogens with zero attached hydrogens (tertiary/aromatic N) is 1. The fourth-order valence-electron chi connectivity index (χ4n) is 0.949. The number of amides is 1. The summed E-state index contributed by atoms with van der Waals surface area (Å²) in [6, 6.07) is 0. The summed E-state index contributed by atoms with van der Waals surface area (Å²) in [5, 5.41) is 8.56. The molecule has 0 saturated carbocycles. The number of hydrogen-bond acceptors (Lipinski definition) is 3. The van der Waals surface area contributed by atoms with Crippen LogP contribution in [-0.4, -0.2) is 47.7 Å². The lowest BCUT2D eigenvalue weighted by molar-refractivity contribution is -0.152. The highest BCUT2D eigenvalue weighted by molar-refractivity contribution is 5.78. The Morgan fingerprint density at radius 2 is 1.88 bits per heavy atom. The SMILES string of the molecule is C=CCN(CC=C)C(=O)CO[C@H](C)C(=O)O. The summed E-state index contributed by atoms with van der Waals surface area (Å²) in [5.74, 6) is -1.38.